The van der Waals surface area contributed by atoms with Gasteiger partial charge in [-0.15, -0.1) is 0 Å². The van der Waals surface area contributed by atoms with Crippen LogP contribution >= 0.6 is 0 Å². The van der Waals surface area contributed by atoms with Crippen molar-refractivity contribution in [3.63, 3.8) is 0 Å². The van der Waals surface area contributed by atoms with E-state index in [4.69, 9.17) is 9.26 Å². The van der Waals surface area contributed by atoms with Crippen molar-refractivity contribution >= 4 is 5.91 Å². The molecular formula is C22H24N4O3. The Balaban J connectivity index is 1.27. The Labute approximate surface area is 169 Å². The Morgan fingerprint density at radius 2 is 2.10 bits per heavy atom. The normalized spacial score (nSPS) is 15.2. The lowest BCUT2D eigenvalue weighted by Gasteiger charge is -2.31. The van der Waals surface area contributed by atoms with E-state index in [0.717, 1.165) is 49.5 Å². The van der Waals surface area contributed by atoms with E-state index >= 15 is 0 Å². The average Bonchev–Trinajstić information content (AvgIpc) is 3.27. The van der Waals surface area contributed by atoms with Crippen molar-refractivity contribution in [1.29, 1.82) is 0 Å². The van der Waals surface area contributed by atoms with E-state index in [9.17, 15) is 4.79 Å². The average molecular weight is 392 g/mol. The molecule has 1 aromatic carbocycles. The lowest BCUT2D eigenvalue weighted by atomic mass is 10.1. The van der Waals surface area contributed by atoms with Gasteiger partial charge in [0.1, 0.15) is 18.1 Å². The van der Waals surface area contributed by atoms with Crippen LogP contribution < -0.4 is 10.1 Å². The number of carbonyl (C=O) groups excluding carboxylic acids is 1. The van der Waals surface area contributed by atoms with Crippen LogP contribution in [-0.4, -0.2) is 40.1 Å². The highest BCUT2D eigenvalue weighted by Gasteiger charge is 2.21. The highest BCUT2D eigenvalue weighted by molar-refractivity contribution is 5.94. The van der Waals surface area contributed by atoms with Crippen molar-refractivity contribution in [2.75, 3.05) is 13.1 Å². The molecule has 0 unspecified atom stereocenters. The van der Waals surface area contributed by atoms with Crippen LogP contribution in [0.3, 0.4) is 0 Å². The van der Waals surface area contributed by atoms with Crippen molar-refractivity contribution in [3.8, 4) is 5.75 Å². The van der Waals surface area contributed by atoms with E-state index in [-0.39, 0.29) is 12.0 Å². The molecule has 1 aliphatic heterocycles. The van der Waals surface area contributed by atoms with Gasteiger partial charge in [-0.3, -0.25) is 14.7 Å². The number of aromatic nitrogens is 2. The maximum atomic E-state index is 12.4. The maximum absolute atomic E-state index is 12.4. The molecule has 150 valence electrons. The number of carbonyl (C=O) groups is 1. The molecule has 0 spiro atoms. The minimum absolute atomic E-state index is 0.123. The molecule has 1 saturated heterocycles. The number of hydrogen-bond acceptors (Lipinski definition) is 6. The third-order valence-electron chi connectivity index (χ3n) is 4.99. The van der Waals surface area contributed by atoms with Gasteiger partial charge in [-0.05, 0) is 42.7 Å². The number of nitrogens with zero attached hydrogens (tertiary/aromatic N) is 3. The Morgan fingerprint density at radius 3 is 2.86 bits per heavy atom. The zero-order chi connectivity index (χ0) is 19.9. The number of rotatable bonds is 7. The second kappa shape index (κ2) is 9.34. The topological polar surface area (TPSA) is 80.5 Å². The van der Waals surface area contributed by atoms with E-state index in [1.807, 2.05) is 30.3 Å². The number of piperidine rings is 1. The van der Waals surface area contributed by atoms with Crippen LogP contribution in [0.2, 0.25) is 0 Å². The van der Waals surface area contributed by atoms with Gasteiger partial charge in [-0.2, -0.15) is 0 Å². The fraction of sp³-hybridized carbons (Fsp3) is 0.318. The summed E-state index contributed by atoms with van der Waals surface area (Å²) in [6, 6.07) is 13.0. The number of amides is 1. The second-order valence-corrected chi connectivity index (χ2v) is 7.16. The van der Waals surface area contributed by atoms with Gasteiger partial charge < -0.3 is 14.6 Å². The van der Waals surface area contributed by atoms with Gasteiger partial charge in [-0.25, -0.2) is 0 Å². The summed E-state index contributed by atoms with van der Waals surface area (Å²) in [5, 5.41) is 6.89. The molecule has 3 heterocycles. The Kier molecular flexibility index (Phi) is 6.16. The molecule has 7 heteroatoms. The molecule has 0 bridgehead atoms. The molecule has 3 aromatic rings. The van der Waals surface area contributed by atoms with Crippen LogP contribution in [0, 0.1) is 0 Å². The van der Waals surface area contributed by atoms with Crippen LogP contribution in [0.4, 0.5) is 0 Å². The minimum Gasteiger partial charge on any atom is -0.490 e. The molecule has 1 fully saturated rings. The maximum Gasteiger partial charge on any atom is 0.251 e. The van der Waals surface area contributed by atoms with E-state index in [2.05, 4.69) is 20.4 Å². The summed E-state index contributed by atoms with van der Waals surface area (Å²) in [5.41, 5.74) is 2.51. The molecular weight excluding hydrogens is 368 g/mol. The highest BCUT2D eigenvalue weighted by atomic mass is 16.5. The lowest BCUT2D eigenvalue weighted by Crippen LogP contribution is -2.37. The fourth-order valence-corrected chi connectivity index (χ4v) is 3.42. The summed E-state index contributed by atoms with van der Waals surface area (Å²) < 4.78 is 11.0. The van der Waals surface area contributed by atoms with Gasteiger partial charge >= 0.3 is 0 Å². The predicted octanol–water partition coefficient (Wildman–Crippen LogP) is 3.04. The molecule has 29 heavy (non-hydrogen) atoms. The summed E-state index contributed by atoms with van der Waals surface area (Å²) in [6.07, 6.45) is 7.09. The molecule has 1 amide bonds. The van der Waals surface area contributed by atoms with Gasteiger partial charge in [-0.1, -0.05) is 17.3 Å². The molecule has 4 rings (SSSR count). The van der Waals surface area contributed by atoms with Crippen LogP contribution in [0.5, 0.6) is 5.75 Å². The molecule has 0 saturated carbocycles. The summed E-state index contributed by atoms with van der Waals surface area (Å²) in [4.78, 5) is 18.9. The summed E-state index contributed by atoms with van der Waals surface area (Å²) in [6.45, 7) is 3.14. The van der Waals surface area contributed by atoms with E-state index in [1.54, 1.807) is 30.8 Å². The van der Waals surface area contributed by atoms with Gasteiger partial charge in [0.25, 0.3) is 5.91 Å². The third-order valence-corrected chi connectivity index (χ3v) is 4.99. The van der Waals surface area contributed by atoms with Crippen molar-refractivity contribution in [3.05, 3.63) is 77.9 Å². The summed E-state index contributed by atoms with van der Waals surface area (Å²) in [5.74, 6) is 0.607. The van der Waals surface area contributed by atoms with Crippen molar-refractivity contribution in [2.24, 2.45) is 0 Å². The summed E-state index contributed by atoms with van der Waals surface area (Å²) in [7, 11) is 0. The van der Waals surface area contributed by atoms with Gasteiger partial charge in [0.05, 0.1) is 5.69 Å². The number of nitrogens with one attached hydrogen (secondary N) is 1. The molecule has 1 N–H and O–H groups in total. The van der Waals surface area contributed by atoms with Crippen LogP contribution in [0.1, 0.15) is 34.5 Å². The Morgan fingerprint density at radius 1 is 1.21 bits per heavy atom. The van der Waals surface area contributed by atoms with E-state index in [1.165, 1.54) is 0 Å². The zero-order valence-electron chi connectivity index (χ0n) is 16.2. The molecule has 2 aromatic heterocycles. The second-order valence-electron chi connectivity index (χ2n) is 7.16. The van der Waals surface area contributed by atoms with Gasteiger partial charge in [0.2, 0.25) is 0 Å². The monoisotopic (exact) mass is 392 g/mol. The number of benzene rings is 1. The Hall–Kier alpha value is -3.19. The first-order valence-corrected chi connectivity index (χ1v) is 9.82. The van der Waals surface area contributed by atoms with E-state index < -0.39 is 0 Å². The Bertz CT molecular complexity index is 907. The SMILES string of the molecule is O=C(NCc1cccnc1)c1cccc(OC2CCN(Cc3ccon3)CC2)c1. The molecule has 0 aliphatic carbocycles. The van der Waals surface area contributed by atoms with Crippen molar-refractivity contribution in [2.45, 2.75) is 32.0 Å². The third kappa shape index (κ3) is 5.42. The largest absolute Gasteiger partial charge is 0.490 e. The van der Waals surface area contributed by atoms with Crippen molar-refractivity contribution < 1.29 is 14.1 Å². The first-order valence-electron chi connectivity index (χ1n) is 9.82. The first-order chi connectivity index (χ1) is 14.3. The van der Waals surface area contributed by atoms with Crippen LogP contribution in [0.15, 0.2) is 65.6 Å². The van der Waals surface area contributed by atoms with Gasteiger partial charge in [0.15, 0.2) is 0 Å². The molecule has 7 nitrogen and oxygen atoms in total. The zero-order valence-corrected chi connectivity index (χ0v) is 16.2. The van der Waals surface area contributed by atoms with Crippen molar-refractivity contribution in [1.82, 2.24) is 20.4 Å². The predicted molar refractivity (Wildman–Crippen MR) is 107 cm³/mol. The number of hydrogen-bond donors (Lipinski definition) is 1. The molecule has 0 radical (unpaired) electrons. The molecule has 1 aliphatic rings. The van der Waals surface area contributed by atoms with E-state index in [0.29, 0.717) is 12.1 Å². The standard InChI is InChI=1S/C22H24N4O3/c27-22(24-15-17-3-2-9-23-14-17)18-4-1-5-21(13-18)29-20-6-10-26(11-7-20)16-19-8-12-28-25-19/h1-5,8-9,12-14,20H,6-7,10-11,15-16H2,(H,24,27). The quantitative estimate of drug-likeness (QED) is 0.666. The van der Waals surface area contributed by atoms with Gasteiger partial charge in [0, 0.05) is 50.2 Å². The summed E-state index contributed by atoms with van der Waals surface area (Å²) >= 11 is 0. The first kappa shape index (κ1) is 19.1. The smallest absolute Gasteiger partial charge is 0.251 e. The minimum atomic E-state index is -0.123. The van der Waals surface area contributed by atoms with Crippen LogP contribution in [-0.2, 0) is 13.1 Å². The number of likely N-dealkylation sites (tertiary alicyclic amines) is 1. The number of ether oxygens (including phenoxy) is 1. The fourth-order valence-electron chi connectivity index (χ4n) is 3.42. The van der Waals surface area contributed by atoms with Crippen LogP contribution in [0.25, 0.3) is 0 Å². The lowest BCUT2D eigenvalue weighted by molar-refractivity contribution is 0.0930. The highest BCUT2D eigenvalue weighted by Crippen LogP contribution is 2.21. The molecule has 0 atom stereocenters. The number of pyridine rings is 1.